The van der Waals surface area contributed by atoms with Gasteiger partial charge in [0, 0.05) is 25.2 Å². The predicted octanol–water partition coefficient (Wildman–Crippen LogP) is 1.94. The average Bonchev–Trinajstić information content (AvgIpc) is 2.20. The summed E-state index contributed by atoms with van der Waals surface area (Å²) >= 11 is 0. The van der Waals surface area contributed by atoms with Crippen LogP contribution < -0.4 is 5.32 Å². The first-order valence-corrected chi connectivity index (χ1v) is 6.29. The first-order valence-electron chi connectivity index (χ1n) is 6.29. The molecule has 3 nitrogen and oxygen atoms in total. The Kier molecular flexibility index (Phi) is 5.53. The Bertz CT molecular complexity index is 249. The molecule has 1 heterocycles. The molecular weight excluding hydrogens is 200 g/mol. The molecule has 1 amide bonds. The number of nitrogens with zero attached hydrogens (tertiary/aromatic N) is 1. The van der Waals surface area contributed by atoms with Gasteiger partial charge in [0.1, 0.15) is 0 Å². The van der Waals surface area contributed by atoms with Crippen LogP contribution >= 0.6 is 0 Å². The van der Waals surface area contributed by atoms with Crippen molar-refractivity contribution in [3.8, 4) is 0 Å². The van der Waals surface area contributed by atoms with Crippen molar-refractivity contribution in [1.29, 1.82) is 0 Å². The molecule has 0 unspecified atom stereocenters. The zero-order valence-corrected chi connectivity index (χ0v) is 10.8. The van der Waals surface area contributed by atoms with Crippen molar-refractivity contribution < 1.29 is 4.79 Å². The maximum Gasteiger partial charge on any atom is 0.244 e. The Hall–Kier alpha value is -0.830. The Morgan fingerprint density at radius 3 is 2.50 bits per heavy atom. The van der Waals surface area contributed by atoms with Crippen LogP contribution in [0.15, 0.2) is 11.6 Å². The molecule has 1 aliphatic rings. The largest absolute Gasteiger partial charge is 0.350 e. The van der Waals surface area contributed by atoms with E-state index < -0.39 is 0 Å². The molecule has 92 valence electrons. The minimum Gasteiger partial charge on any atom is -0.350 e. The third-order valence-corrected chi connectivity index (χ3v) is 2.89. The summed E-state index contributed by atoms with van der Waals surface area (Å²) in [5.74, 6) is 0.0638. The second kappa shape index (κ2) is 6.69. The van der Waals surface area contributed by atoms with E-state index in [0.29, 0.717) is 6.04 Å². The van der Waals surface area contributed by atoms with Crippen LogP contribution in [0, 0.1) is 0 Å². The summed E-state index contributed by atoms with van der Waals surface area (Å²) in [5.41, 5.74) is 1.06. The van der Waals surface area contributed by atoms with E-state index in [1.807, 2.05) is 13.8 Å². The molecule has 0 bridgehead atoms. The van der Waals surface area contributed by atoms with Gasteiger partial charge in [0.25, 0.3) is 0 Å². The number of amides is 1. The maximum absolute atomic E-state index is 11.5. The van der Waals surface area contributed by atoms with E-state index in [2.05, 4.69) is 17.1 Å². The number of hydrogen-bond acceptors (Lipinski definition) is 2. The first-order chi connectivity index (χ1) is 7.61. The lowest BCUT2D eigenvalue weighted by Crippen LogP contribution is -2.44. The molecule has 0 saturated carbocycles. The third kappa shape index (κ3) is 4.79. The number of allylic oxidation sites excluding steroid dienone is 1. The van der Waals surface area contributed by atoms with Gasteiger partial charge >= 0.3 is 0 Å². The summed E-state index contributed by atoms with van der Waals surface area (Å²) in [5, 5.41) is 3.07. The van der Waals surface area contributed by atoms with Crippen LogP contribution in [-0.2, 0) is 4.79 Å². The Labute approximate surface area is 98.9 Å². The molecule has 0 aromatic heterocycles. The lowest BCUT2D eigenvalue weighted by Gasteiger charge is -2.31. The van der Waals surface area contributed by atoms with Crippen LogP contribution in [-0.4, -0.2) is 36.5 Å². The van der Waals surface area contributed by atoms with Crippen LogP contribution in [0.4, 0.5) is 0 Å². The van der Waals surface area contributed by atoms with Crippen molar-refractivity contribution in [2.75, 3.05) is 19.6 Å². The fourth-order valence-electron chi connectivity index (χ4n) is 2.12. The molecule has 0 aromatic carbocycles. The van der Waals surface area contributed by atoms with E-state index in [1.54, 1.807) is 6.08 Å². The maximum atomic E-state index is 11.5. The quantitative estimate of drug-likeness (QED) is 0.740. The lowest BCUT2D eigenvalue weighted by molar-refractivity contribution is -0.117. The lowest BCUT2D eigenvalue weighted by atomic mass is 10.0. The van der Waals surface area contributed by atoms with Gasteiger partial charge in [-0.1, -0.05) is 12.5 Å². The minimum absolute atomic E-state index is 0.0638. The van der Waals surface area contributed by atoms with E-state index in [1.165, 1.54) is 13.0 Å². The average molecular weight is 224 g/mol. The van der Waals surface area contributed by atoms with Crippen molar-refractivity contribution in [2.45, 2.75) is 46.1 Å². The summed E-state index contributed by atoms with van der Waals surface area (Å²) in [6, 6.07) is 0.371. The monoisotopic (exact) mass is 224 g/mol. The van der Waals surface area contributed by atoms with Crippen LogP contribution in [0.1, 0.15) is 40.0 Å². The van der Waals surface area contributed by atoms with Gasteiger partial charge in [-0.25, -0.2) is 0 Å². The SMILES string of the molecule is CCCN1CCC(NC(=O)C=C(C)C)CC1. The second-order valence-electron chi connectivity index (χ2n) is 4.85. The fourth-order valence-corrected chi connectivity index (χ4v) is 2.12. The Balaban J connectivity index is 2.27. The van der Waals surface area contributed by atoms with Gasteiger partial charge in [-0.05, 0) is 39.7 Å². The molecule has 16 heavy (non-hydrogen) atoms. The highest BCUT2D eigenvalue weighted by atomic mass is 16.1. The number of carbonyl (C=O) groups excluding carboxylic acids is 1. The summed E-state index contributed by atoms with van der Waals surface area (Å²) in [7, 11) is 0. The third-order valence-electron chi connectivity index (χ3n) is 2.89. The molecule has 1 N–H and O–H groups in total. The Morgan fingerprint density at radius 2 is 2.00 bits per heavy atom. The first kappa shape index (κ1) is 13.2. The number of hydrogen-bond donors (Lipinski definition) is 1. The highest BCUT2D eigenvalue weighted by molar-refractivity contribution is 5.88. The van der Waals surface area contributed by atoms with Crippen molar-refractivity contribution >= 4 is 5.91 Å². The molecule has 0 spiro atoms. The highest BCUT2D eigenvalue weighted by Gasteiger charge is 2.19. The van der Waals surface area contributed by atoms with E-state index in [4.69, 9.17) is 0 Å². The molecule has 0 atom stereocenters. The topological polar surface area (TPSA) is 32.3 Å². The molecule has 0 aromatic rings. The summed E-state index contributed by atoms with van der Waals surface area (Å²) < 4.78 is 0. The predicted molar refractivity (Wildman–Crippen MR) is 67.3 cm³/mol. The van der Waals surface area contributed by atoms with Crippen LogP contribution in [0.3, 0.4) is 0 Å². The van der Waals surface area contributed by atoms with Crippen molar-refractivity contribution in [3.63, 3.8) is 0 Å². The van der Waals surface area contributed by atoms with E-state index in [-0.39, 0.29) is 5.91 Å². The molecule has 1 fully saturated rings. The highest BCUT2D eigenvalue weighted by Crippen LogP contribution is 2.10. The number of rotatable bonds is 4. The van der Waals surface area contributed by atoms with Crippen molar-refractivity contribution in [3.05, 3.63) is 11.6 Å². The smallest absolute Gasteiger partial charge is 0.244 e. The molecule has 1 saturated heterocycles. The van der Waals surface area contributed by atoms with Gasteiger partial charge < -0.3 is 10.2 Å². The van der Waals surface area contributed by atoms with Gasteiger partial charge in [0.05, 0.1) is 0 Å². The number of likely N-dealkylation sites (tertiary alicyclic amines) is 1. The molecular formula is C13H24N2O. The van der Waals surface area contributed by atoms with Gasteiger partial charge in [0.15, 0.2) is 0 Å². The van der Waals surface area contributed by atoms with Crippen LogP contribution in [0.5, 0.6) is 0 Å². The minimum atomic E-state index is 0.0638. The number of piperidine rings is 1. The van der Waals surface area contributed by atoms with E-state index in [0.717, 1.165) is 31.5 Å². The zero-order chi connectivity index (χ0) is 12.0. The summed E-state index contributed by atoms with van der Waals surface area (Å²) in [4.78, 5) is 14.0. The van der Waals surface area contributed by atoms with E-state index >= 15 is 0 Å². The van der Waals surface area contributed by atoms with Gasteiger partial charge in [0.2, 0.25) is 5.91 Å². The van der Waals surface area contributed by atoms with Crippen molar-refractivity contribution in [2.24, 2.45) is 0 Å². The molecule has 3 heteroatoms. The fraction of sp³-hybridized carbons (Fsp3) is 0.769. The van der Waals surface area contributed by atoms with E-state index in [9.17, 15) is 4.79 Å². The standard InChI is InChI=1S/C13H24N2O/c1-4-7-15-8-5-12(6-9-15)14-13(16)10-11(2)3/h10,12H,4-9H2,1-3H3,(H,14,16). The number of carbonyl (C=O) groups is 1. The second-order valence-corrected chi connectivity index (χ2v) is 4.85. The van der Waals surface area contributed by atoms with Gasteiger partial charge in [-0.2, -0.15) is 0 Å². The molecule has 1 rings (SSSR count). The van der Waals surface area contributed by atoms with Crippen molar-refractivity contribution in [1.82, 2.24) is 10.2 Å². The Morgan fingerprint density at radius 1 is 1.38 bits per heavy atom. The summed E-state index contributed by atoms with van der Waals surface area (Å²) in [6.07, 6.45) is 5.07. The molecule has 0 aliphatic carbocycles. The van der Waals surface area contributed by atoms with Crippen LogP contribution in [0.25, 0.3) is 0 Å². The molecule has 0 radical (unpaired) electrons. The summed E-state index contributed by atoms with van der Waals surface area (Å²) in [6.45, 7) is 9.53. The zero-order valence-electron chi connectivity index (χ0n) is 10.8. The van der Waals surface area contributed by atoms with Gasteiger partial charge in [-0.15, -0.1) is 0 Å². The molecule has 1 aliphatic heterocycles. The van der Waals surface area contributed by atoms with Gasteiger partial charge in [-0.3, -0.25) is 4.79 Å². The number of nitrogens with one attached hydrogen (secondary N) is 1. The normalized spacial score (nSPS) is 18.2. The van der Waals surface area contributed by atoms with Crippen LogP contribution in [0.2, 0.25) is 0 Å².